The molecule has 0 amide bonds. The second kappa shape index (κ2) is 10.6. The summed E-state index contributed by atoms with van der Waals surface area (Å²) in [4.78, 5) is 20.3. The van der Waals surface area contributed by atoms with E-state index < -0.39 is 5.97 Å². The van der Waals surface area contributed by atoms with E-state index >= 15 is 0 Å². The number of hydrogen-bond donors (Lipinski definition) is 2. The third kappa shape index (κ3) is 5.82. The third-order valence-electron chi connectivity index (χ3n) is 5.69. The smallest absolute Gasteiger partial charge is 0.306 e. The highest BCUT2D eigenvalue weighted by molar-refractivity contribution is 6.33. The Bertz CT molecular complexity index is 1090. The second-order valence-electron chi connectivity index (χ2n) is 7.97. The molecule has 0 unspecified atom stereocenters. The Hall–Kier alpha value is -2.99. The maximum Gasteiger partial charge on any atom is 0.306 e. The number of carbonyl (C=O) groups is 1. The van der Waals surface area contributed by atoms with E-state index in [0.717, 1.165) is 36.1 Å². The average Bonchev–Trinajstić information content (AvgIpc) is 3.23. The summed E-state index contributed by atoms with van der Waals surface area (Å²) in [5.41, 5.74) is 3.21. The molecule has 1 saturated carbocycles. The summed E-state index contributed by atoms with van der Waals surface area (Å²) < 4.78 is 13.4. The largest absolute Gasteiger partial charge is 0.481 e. The molecule has 1 fully saturated rings. The molecule has 4 rings (SSSR count). The second-order valence-corrected chi connectivity index (χ2v) is 8.37. The van der Waals surface area contributed by atoms with Gasteiger partial charge in [0.2, 0.25) is 0 Å². The van der Waals surface area contributed by atoms with Gasteiger partial charge in [-0.3, -0.25) is 9.78 Å². The lowest BCUT2D eigenvalue weighted by molar-refractivity contribution is -0.141. The van der Waals surface area contributed by atoms with Gasteiger partial charge in [0.25, 0.3) is 0 Å². The first-order valence-corrected chi connectivity index (χ1v) is 10.7. The first-order chi connectivity index (χ1) is 15.0. The van der Waals surface area contributed by atoms with Crippen molar-refractivity contribution < 1.29 is 14.3 Å². The topological polar surface area (TPSA) is 75.1 Å². The van der Waals surface area contributed by atoms with Gasteiger partial charge in [0.15, 0.2) is 0 Å². The molecule has 2 heterocycles. The van der Waals surface area contributed by atoms with Gasteiger partial charge < -0.3 is 10.4 Å². The van der Waals surface area contributed by atoms with E-state index in [1.807, 2.05) is 30.3 Å². The van der Waals surface area contributed by atoms with Crippen molar-refractivity contribution in [2.45, 2.75) is 39.7 Å². The van der Waals surface area contributed by atoms with Crippen LogP contribution in [0.25, 0.3) is 11.3 Å². The molecule has 2 aromatic heterocycles. The molecular formula is C25H27ClFN3O2. The van der Waals surface area contributed by atoms with Crippen LogP contribution in [0.1, 0.15) is 37.9 Å². The van der Waals surface area contributed by atoms with Gasteiger partial charge in [-0.05, 0) is 67.5 Å². The van der Waals surface area contributed by atoms with Crippen molar-refractivity contribution in [1.29, 1.82) is 0 Å². The normalized spacial score (nSPS) is 17.6. The van der Waals surface area contributed by atoms with Crippen LogP contribution in [0.4, 0.5) is 10.2 Å². The van der Waals surface area contributed by atoms with Crippen LogP contribution in [-0.4, -0.2) is 21.0 Å². The van der Waals surface area contributed by atoms with Gasteiger partial charge in [0, 0.05) is 24.0 Å². The van der Waals surface area contributed by atoms with Crippen LogP contribution < -0.4 is 5.32 Å². The van der Waals surface area contributed by atoms with Gasteiger partial charge in [-0.1, -0.05) is 37.2 Å². The Labute approximate surface area is 192 Å². The standard InChI is InChI=1S/C24H23ClFN3O2.CH4/c25-21-14-27-19(11-15-7-8-17(9-15)24(30)31)12-20(21)22-5-2-6-23(29-22)28-13-16-3-1-4-18(26)10-16;/h1-6,10,12,14-15,17H,7-9,11,13H2,(H,28,29)(H,30,31);1H4/t15-,17+;/m0./s1. The SMILES string of the molecule is C.O=C(O)[C@@H]1CC[C@H](Cc2cc(-c3cccc(NCc4cccc(F)c4)n3)c(Cl)cn2)C1. The van der Waals surface area contributed by atoms with E-state index in [1.165, 1.54) is 12.1 Å². The Morgan fingerprint density at radius 1 is 1.19 bits per heavy atom. The Morgan fingerprint density at radius 3 is 2.75 bits per heavy atom. The van der Waals surface area contributed by atoms with Crippen LogP contribution in [0, 0.1) is 17.7 Å². The molecule has 0 bridgehead atoms. The van der Waals surface area contributed by atoms with Crippen molar-refractivity contribution in [3.63, 3.8) is 0 Å². The van der Waals surface area contributed by atoms with Crippen molar-refractivity contribution in [3.8, 4) is 11.3 Å². The Balaban J connectivity index is 0.00000289. The number of carboxylic acid groups (broad SMARTS) is 1. The van der Waals surface area contributed by atoms with Crippen molar-refractivity contribution >= 4 is 23.4 Å². The first-order valence-electron chi connectivity index (χ1n) is 10.3. The number of aliphatic carboxylic acids is 1. The molecule has 0 saturated heterocycles. The Kier molecular flexibility index (Phi) is 7.80. The quantitative estimate of drug-likeness (QED) is 0.441. The predicted octanol–water partition coefficient (Wildman–Crippen LogP) is 6.23. The van der Waals surface area contributed by atoms with Crippen molar-refractivity contribution in [3.05, 3.63) is 76.8 Å². The van der Waals surface area contributed by atoms with Crippen LogP contribution in [0.2, 0.25) is 5.02 Å². The van der Waals surface area contributed by atoms with Crippen molar-refractivity contribution in [2.24, 2.45) is 11.8 Å². The molecule has 2 atom stereocenters. The molecule has 32 heavy (non-hydrogen) atoms. The summed E-state index contributed by atoms with van der Waals surface area (Å²) in [7, 11) is 0. The van der Waals surface area contributed by atoms with E-state index in [2.05, 4.69) is 15.3 Å². The number of hydrogen-bond acceptors (Lipinski definition) is 4. The Morgan fingerprint density at radius 2 is 2.00 bits per heavy atom. The molecule has 3 aromatic rings. The number of rotatable bonds is 7. The number of halogens is 2. The molecule has 168 valence electrons. The van der Waals surface area contributed by atoms with E-state index in [9.17, 15) is 14.3 Å². The number of nitrogens with zero attached hydrogens (tertiary/aromatic N) is 2. The fraction of sp³-hybridized carbons (Fsp3) is 0.320. The summed E-state index contributed by atoms with van der Waals surface area (Å²) in [5, 5.41) is 12.9. The van der Waals surface area contributed by atoms with Crippen LogP contribution in [0.3, 0.4) is 0 Å². The van der Waals surface area contributed by atoms with Gasteiger partial charge in [0.1, 0.15) is 11.6 Å². The molecule has 1 aliphatic rings. The summed E-state index contributed by atoms with van der Waals surface area (Å²) in [6.45, 7) is 0.454. The van der Waals surface area contributed by atoms with Gasteiger partial charge in [-0.2, -0.15) is 0 Å². The molecule has 1 aromatic carbocycles. The molecule has 2 N–H and O–H groups in total. The zero-order valence-corrected chi connectivity index (χ0v) is 17.6. The monoisotopic (exact) mass is 455 g/mol. The van der Waals surface area contributed by atoms with Crippen LogP contribution in [-0.2, 0) is 17.8 Å². The number of pyridine rings is 2. The minimum Gasteiger partial charge on any atom is -0.481 e. The highest BCUT2D eigenvalue weighted by Crippen LogP contribution is 2.34. The van der Waals surface area contributed by atoms with Crippen molar-refractivity contribution in [1.82, 2.24) is 9.97 Å². The lowest BCUT2D eigenvalue weighted by Crippen LogP contribution is -2.10. The fourth-order valence-corrected chi connectivity index (χ4v) is 4.29. The van der Waals surface area contributed by atoms with E-state index in [4.69, 9.17) is 11.6 Å². The van der Waals surface area contributed by atoms with Gasteiger partial charge >= 0.3 is 5.97 Å². The highest BCUT2D eigenvalue weighted by Gasteiger charge is 2.30. The van der Waals surface area contributed by atoms with Crippen LogP contribution >= 0.6 is 11.6 Å². The van der Waals surface area contributed by atoms with Gasteiger partial charge in [0.05, 0.1) is 16.6 Å². The van der Waals surface area contributed by atoms with E-state index in [-0.39, 0.29) is 19.2 Å². The van der Waals surface area contributed by atoms with Crippen molar-refractivity contribution in [2.75, 3.05) is 5.32 Å². The first kappa shape index (κ1) is 23.7. The van der Waals surface area contributed by atoms with Gasteiger partial charge in [-0.25, -0.2) is 9.37 Å². The predicted molar refractivity (Wildman–Crippen MR) is 125 cm³/mol. The number of benzene rings is 1. The third-order valence-corrected chi connectivity index (χ3v) is 5.99. The molecule has 0 spiro atoms. The molecule has 0 aliphatic heterocycles. The van der Waals surface area contributed by atoms with E-state index in [0.29, 0.717) is 35.4 Å². The number of carboxylic acids is 1. The minimum absolute atomic E-state index is 0. The maximum absolute atomic E-state index is 13.4. The van der Waals surface area contributed by atoms with Gasteiger partial charge in [-0.15, -0.1) is 0 Å². The molecule has 5 nitrogen and oxygen atoms in total. The number of anilines is 1. The summed E-state index contributed by atoms with van der Waals surface area (Å²) >= 11 is 6.41. The summed E-state index contributed by atoms with van der Waals surface area (Å²) in [6.07, 6.45) is 4.66. The van der Waals surface area contributed by atoms with E-state index in [1.54, 1.807) is 12.3 Å². The summed E-state index contributed by atoms with van der Waals surface area (Å²) in [6, 6.07) is 14.0. The molecule has 1 aliphatic carbocycles. The maximum atomic E-state index is 13.4. The summed E-state index contributed by atoms with van der Waals surface area (Å²) in [5.74, 6) is -0.251. The molecule has 0 radical (unpaired) electrons. The number of aromatic nitrogens is 2. The minimum atomic E-state index is -0.709. The zero-order chi connectivity index (χ0) is 21.8. The lowest BCUT2D eigenvalue weighted by Gasteiger charge is -2.12. The zero-order valence-electron chi connectivity index (χ0n) is 16.9. The fourth-order valence-electron chi connectivity index (χ4n) is 4.09. The average molecular weight is 456 g/mol. The lowest BCUT2D eigenvalue weighted by atomic mass is 9.98. The molecule has 7 heteroatoms. The van der Waals surface area contributed by atoms with Crippen LogP contribution in [0.15, 0.2) is 54.7 Å². The number of nitrogens with one attached hydrogen (secondary N) is 1. The highest BCUT2D eigenvalue weighted by atomic mass is 35.5. The molecular weight excluding hydrogens is 429 g/mol. The van der Waals surface area contributed by atoms with Crippen LogP contribution in [0.5, 0.6) is 0 Å².